The largest absolute Gasteiger partial charge is 0.469 e. The number of hydrogen-bond acceptors (Lipinski definition) is 3. The van der Waals surface area contributed by atoms with Crippen molar-refractivity contribution in [3.8, 4) is 0 Å². The second-order valence-electron chi connectivity index (χ2n) is 4.97. The molecule has 4 nitrogen and oxygen atoms in total. The molecule has 0 saturated heterocycles. The Morgan fingerprint density at radius 1 is 1.44 bits per heavy atom. The molecule has 1 aromatic rings. The first-order chi connectivity index (χ1) is 8.74. The molecule has 4 heteroatoms. The van der Waals surface area contributed by atoms with Crippen molar-refractivity contribution in [2.24, 2.45) is 5.73 Å². The van der Waals surface area contributed by atoms with Crippen molar-refractivity contribution < 1.29 is 9.21 Å². The number of nitrogens with two attached hydrogens (primary N) is 1. The average molecular weight is 250 g/mol. The Morgan fingerprint density at radius 2 is 2.17 bits per heavy atom. The zero-order valence-corrected chi connectivity index (χ0v) is 11.0. The van der Waals surface area contributed by atoms with Gasteiger partial charge in [0, 0.05) is 19.1 Å². The third kappa shape index (κ3) is 2.75. The molecule has 0 radical (unpaired) electrons. The Hall–Kier alpha value is -1.29. The van der Waals surface area contributed by atoms with Crippen LogP contribution in [-0.4, -0.2) is 29.9 Å². The maximum Gasteiger partial charge on any atom is 0.257 e. The van der Waals surface area contributed by atoms with Gasteiger partial charge in [0.15, 0.2) is 0 Å². The van der Waals surface area contributed by atoms with Gasteiger partial charge in [-0.2, -0.15) is 0 Å². The summed E-state index contributed by atoms with van der Waals surface area (Å²) >= 11 is 0. The number of carbonyl (C=O) groups excluding carboxylic acids is 1. The number of carbonyl (C=O) groups is 1. The second kappa shape index (κ2) is 6.05. The van der Waals surface area contributed by atoms with Crippen LogP contribution < -0.4 is 5.73 Å². The molecule has 0 bridgehead atoms. The summed E-state index contributed by atoms with van der Waals surface area (Å²) in [4.78, 5) is 14.5. The van der Waals surface area contributed by atoms with Gasteiger partial charge in [0.1, 0.15) is 5.76 Å². The van der Waals surface area contributed by atoms with Crippen molar-refractivity contribution in [1.82, 2.24) is 4.90 Å². The predicted octanol–water partition coefficient (Wildman–Crippen LogP) is 2.32. The lowest BCUT2D eigenvalue weighted by molar-refractivity contribution is 0.0640. The molecule has 1 heterocycles. The Bertz CT molecular complexity index is 394. The molecule has 0 aliphatic heterocycles. The summed E-state index contributed by atoms with van der Waals surface area (Å²) in [6, 6.07) is 2.10. The fourth-order valence-corrected chi connectivity index (χ4v) is 2.74. The van der Waals surface area contributed by atoms with Crippen molar-refractivity contribution >= 4 is 5.91 Å². The standard InChI is InChI=1S/C14H22N2O2/c1-11-13(7-10-18-11)14(17)16(9-8-15)12-5-3-2-4-6-12/h7,10,12H,2-6,8-9,15H2,1H3. The molecule has 2 N–H and O–H groups in total. The number of hydrogen-bond donors (Lipinski definition) is 1. The molecule has 1 aliphatic carbocycles. The Morgan fingerprint density at radius 3 is 2.72 bits per heavy atom. The molecule has 1 amide bonds. The molecule has 2 rings (SSSR count). The van der Waals surface area contributed by atoms with Crippen LogP contribution in [0.4, 0.5) is 0 Å². The highest BCUT2D eigenvalue weighted by molar-refractivity contribution is 5.95. The van der Waals surface area contributed by atoms with Gasteiger partial charge in [-0.3, -0.25) is 4.79 Å². The minimum Gasteiger partial charge on any atom is -0.469 e. The molecule has 1 aromatic heterocycles. The molecule has 0 aromatic carbocycles. The van der Waals surface area contributed by atoms with E-state index in [1.165, 1.54) is 19.3 Å². The van der Waals surface area contributed by atoms with Gasteiger partial charge in [-0.25, -0.2) is 0 Å². The van der Waals surface area contributed by atoms with Crippen LogP contribution in [0, 0.1) is 6.92 Å². The molecule has 0 spiro atoms. The lowest BCUT2D eigenvalue weighted by atomic mass is 9.93. The average Bonchev–Trinajstić information content (AvgIpc) is 2.82. The Balaban J connectivity index is 2.13. The van der Waals surface area contributed by atoms with E-state index in [-0.39, 0.29) is 5.91 Å². The topological polar surface area (TPSA) is 59.5 Å². The van der Waals surface area contributed by atoms with Gasteiger partial charge in [0.25, 0.3) is 5.91 Å². The van der Waals surface area contributed by atoms with Gasteiger partial charge < -0.3 is 15.1 Å². The highest BCUT2D eigenvalue weighted by atomic mass is 16.3. The van der Waals surface area contributed by atoms with Gasteiger partial charge in [-0.05, 0) is 25.8 Å². The van der Waals surface area contributed by atoms with E-state index in [4.69, 9.17) is 10.2 Å². The van der Waals surface area contributed by atoms with Gasteiger partial charge in [0.2, 0.25) is 0 Å². The number of nitrogens with zero attached hydrogens (tertiary/aromatic N) is 1. The van der Waals surface area contributed by atoms with Crippen LogP contribution in [0.15, 0.2) is 16.7 Å². The summed E-state index contributed by atoms with van der Waals surface area (Å²) in [7, 11) is 0. The predicted molar refractivity (Wildman–Crippen MR) is 70.4 cm³/mol. The van der Waals surface area contributed by atoms with Crippen molar-refractivity contribution in [2.45, 2.75) is 45.1 Å². The molecule has 1 fully saturated rings. The van der Waals surface area contributed by atoms with Gasteiger partial charge in [-0.15, -0.1) is 0 Å². The van der Waals surface area contributed by atoms with Gasteiger partial charge in [-0.1, -0.05) is 19.3 Å². The number of aryl methyl sites for hydroxylation is 1. The van der Waals surface area contributed by atoms with Crippen LogP contribution in [0.25, 0.3) is 0 Å². The van der Waals surface area contributed by atoms with E-state index in [2.05, 4.69) is 0 Å². The van der Waals surface area contributed by atoms with E-state index >= 15 is 0 Å². The molecular formula is C14H22N2O2. The van der Waals surface area contributed by atoms with Crippen molar-refractivity contribution in [3.63, 3.8) is 0 Å². The summed E-state index contributed by atoms with van der Waals surface area (Å²) in [5.41, 5.74) is 6.32. The van der Waals surface area contributed by atoms with E-state index in [9.17, 15) is 4.79 Å². The lowest BCUT2D eigenvalue weighted by Crippen LogP contribution is -2.44. The number of amides is 1. The molecule has 0 atom stereocenters. The molecule has 100 valence electrons. The summed E-state index contributed by atoms with van der Waals surface area (Å²) < 4.78 is 5.22. The van der Waals surface area contributed by atoms with Crippen LogP contribution in [0.1, 0.15) is 48.2 Å². The maximum atomic E-state index is 12.5. The van der Waals surface area contributed by atoms with E-state index in [0.29, 0.717) is 30.5 Å². The zero-order valence-electron chi connectivity index (χ0n) is 11.0. The Kier molecular flexibility index (Phi) is 4.42. The van der Waals surface area contributed by atoms with E-state index < -0.39 is 0 Å². The highest BCUT2D eigenvalue weighted by Gasteiger charge is 2.27. The molecule has 1 aliphatic rings. The highest BCUT2D eigenvalue weighted by Crippen LogP contribution is 2.24. The van der Waals surface area contributed by atoms with Crippen LogP contribution in [0.3, 0.4) is 0 Å². The SMILES string of the molecule is Cc1occc1C(=O)N(CCN)C1CCCCC1. The fraction of sp³-hybridized carbons (Fsp3) is 0.643. The van der Waals surface area contributed by atoms with E-state index in [1.807, 2.05) is 11.8 Å². The quantitative estimate of drug-likeness (QED) is 0.892. The molecule has 1 saturated carbocycles. The second-order valence-corrected chi connectivity index (χ2v) is 4.97. The van der Waals surface area contributed by atoms with Crippen molar-refractivity contribution in [3.05, 3.63) is 23.7 Å². The van der Waals surface area contributed by atoms with Gasteiger partial charge in [0.05, 0.1) is 11.8 Å². The third-order valence-corrected chi connectivity index (χ3v) is 3.74. The summed E-state index contributed by atoms with van der Waals surface area (Å²) in [6.45, 7) is 2.97. The zero-order chi connectivity index (χ0) is 13.0. The molecule has 18 heavy (non-hydrogen) atoms. The minimum atomic E-state index is 0.0681. The van der Waals surface area contributed by atoms with Crippen LogP contribution in [0.2, 0.25) is 0 Å². The number of rotatable bonds is 4. The van der Waals surface area contributed by atoms with E-state index in [1.54, 1.807) is 12.3 Å². The van der Waals surface area contributed by atoms with Crippen LogP contribution in [-0.2, 0) is 0 Å². The minimum absolute atomic E-state index is 0.0681. The number of furan rings is 1. The smallest absolute Gasteiger partial charge is 0.257 e. The summed E-state index contributed by atoms with van der Waals surface area (Å²) in [5.74, 6) is 0.761. The van der Waals surface area contributed by atoms with Crippen molar-refractivity contribution in [1.29, 1.82) is 0 Å². The maximum absolute atomic E-state index is 12.5. The van der Waals surface area contributed by atoms with E-state index in [0.717, 1.165) is 12.8 Å². The molecule has 0 unspecified atom stereocenters. The first-order valence-corrected chi connectivity index (χ1v) is 6.79. The Labute approximate surface area is 108 Å². The van der Waals surface area contributed by atoms with Gasteiger partial charge >= 0.3 is 0 Å². The van der Waals surface area contributed by atoms with Crippen molar-refractivity contribution in [2.75, 3.05) is 13.1 Å². The lowest BCUT2D eigenvalue weighted by Gasteiger charge is -2.34. The third-order valence-electron chi connectivity index (χ3n) is 3.74. The summed E-state index contributed by atoms with van der Waals surface area (Å²) in [6.07, 6.45) is 7.48. The van der Waals surface area contributed by atoms with Crippen LogP contribution in [0.5, 0.6) is 0 Å². The normalized spacial score (nSPS) is 16.8. The molecular weight excluding hydrogens is 228 g/mol. The van der Waals surface area contributed by atoms with Crippen LogP contribution >= 0.6 is 0 Å². The summed E-state index contributed by atoms with van der Waals surface area (Å²) in [5, 5.41) is 0. The first-order valence-electron chi connectivity index (χ1n) is 6.79. The fourth-order valence-electron chi connectivity index (χ4n) is 2.74. The monoisotopic (exact) mass is 250 g/mol. The first kappa shape index (κ1) is 13.1.